The molecule has 2 N–H and O–H groups in total. The highest BCUT2D eigenvalue weighted by atomic mass is 35.5. The Morgan fingerprint density at radius 3 is 2.69 bits per heavy atom. The van der Waals surface area contributed by atoms with Crippen molar-refractivity contribution in [3.63, 3.8) is 0 Å². The average Bonchev–Trinajstić information content (AvgIpc) is 3.32. The molecule has 0 radical (unpaired) electrons. The van der Waals surface area contributed by atoms with E-state index in [1.165, 1.54) is 35.6 Å². The molecule has 1 amide bonds. The summed E-state index contributed by atoms with van der Waals surface area (Å²) < 4.78 is 41.8. The number of amides is 1. The molecule has 1 aliphatic rings. The van der Waals surface area contributed by atoms with E-state index in [2.05, 4.69) is 15.7 Å². The second-order valence-corrected chi connectivity index (χ2v) is 8.24. The van der Waals surface area contributed by atoms with Crippen LogP contribution in [0.15, 0.2) is 41.8 Å². The van der Waals surface area contributed by atoms with Gasteiger partial charge in [-0.1, -0.05) is 29.3 Å². The van der Waals surface area contributed by atoms with E-state index in [-0.39, 0.29) is 23.0 Å². The molecule has 1 aliphatic heterocycles. The molecule has 0 spiro atoms. The molecule has 3 heterocycles. The lowest BCUT2D eigenvalue weighted by molar-refractivity contribution is -0.173. The summed E-state index contributed by atoms with van der Waals surface area (Å²) in [6.45, 7) is 0. The summed E-state index contributed by atoms with van der Waals surface area (Å²) in [6, 6.07) is 7.00. The highest BCUT2D eigenvalue weighted by Gasteiger charge is 2.47. The minimum absolute atomic E-state index is 0.135. The van der Waals surface area contributed by atoms with E-state index in [0.29, 0.717) is 10.7 Å². The molecule has 3 aromatic rings. The highest BCUT2D eigenvalue weighted by molar-refractivity contribution is 7.10. The number of fused-ring (bicyclic) bond motifs is 1. The Bertz CT molecular complexity index is 1050. The van der Waals surface area contributed by atoms with Gasteiger partial charge in [0.15, 0.2) is 11.7 Å². The van der Waals surface area contributed by atoms with E-state index in [9.17, 15) is 18.0 Å². The van der Waals surface area contributed by atoms with Gasteiger partial charge in [0.1, 0.15) is 5.82 Å². The first-order valence-electron chi connectivity index (χ1n) is 8.45. The second-order valence-electron chi connectivity index (χ2n) is 6.45. The van der Waals surface area contributed by atoms with E-state index in [0.717, 1.165) is 9.56 Å². The lowest BCUT2D eigenvalue weighted by Gasteiger charge is -2.32. The number of halogens is 5. The molecule has 0 bridgehead atoms. The van der Waals surface area contributed by atoms with Crippen LogP contribution in [0.25, 0.3) is 0 Å². The van der Waals surface area contributed by atoms with Crippen LogP contribution in [0.1, 0.15) is 33.9 Å². The fourth-order valence-corrected chi connectivity index (χ4v) is 4.22. The first-order valence-corrected chi connectivity index (χ1v) is 10.1. The summed E-state index contributed by atoms with van der Waals surface area (Å²) in [5.74, 6) is -0.517. The average molecular weight is 461 g/mol. The normalized spacial score (nSPS) is 18.8. The van der Waals surface area contributed by atoms with Gasteiger partial charge in [-0.2, -0.15) is 18.3 Å². The Labute approximate surface area is 177 Å². The third-order valence-electron chi connectivity index (χ3n) is 4.49. The van der Waals surface area contributed by atoms with Crippen molar-refractivity contribution in [1.82, 2.24) is 9.78 Å². The molecule has 2 atom stereocenters. The number of nitrogens with zero attached hydrogens (tertiary/aromatic N) is 2. The summed E-state index contributed by atoms with van der Waals surface area (Å²) in [5.41, 5.74) is 0.215. The maximum absolute atomic E-state index is 13.7. The van der Waals surface area contributed by atoms with Crippen LogP contribution < -0.4 is 10.6 Å². The van der Waals surface area contributed by atoms with Gasteiger partial charge in [-0.25, -0.2) is 4.68 Å². The van der Waals surface area contributed by atoms with Gasteiger partial charge in [0.2, 0.25) is 0 Å². The third-order valence-corrected chi connectivity index (χ3v) is 6.21. The number of thiophene rings is 1. The zero-order chi connectivity index (χ0) is 20.8. The highest BCUT2D eigenvalue weighted by Crippen LogP contribution is 2.44. The number of benzene rings is 1. The van der Waals surface area contributed by atoms with Gasteiger partial charge in [-0.05, 0) is 29.6 Å². The number of hydrogen-bond donors (Lipinski definition) is 2. The molecule has 11 heteroatoms. The van der Waals surface area contributed by atoms with Crippen LogP contribution in [0, 0.1) is 0 Å². The largest absolute Gasteiger partial charge is 0.410 e. The van der Waals surface area contributed by atoms with E-state index >= 15 is 0 Å². The maximum Gasteiger partial charge on any atom is 0.410 e. The van der Waals surface area contributed by atoms with Gasteiger partial charge in [-0.3, -0.25) is 4.79 Å². The maximum atomic E-state index is 13.7. The van der Waals surface area contributed by atoms with Crippen LogP contribution in [-0.2, 0) is 0 Å². The van der Waals surface area contributed by atoms with Gasteiger partial charge < -0.3 is 10.6 Å². The van der Waals surface area contributed by atoms with E-state index in [4.69, 9.17) is 23.2 Å². The Balaban J connectivity index is 1.63. The van der Waals surface area contributed by atoms with Crippen molar-refractivity contribution in [3.8, 4) is 0 Å². The standard InChI is InChI=1S/C18H13Cl2F3N4OS/c19-10-4-3-9(6-11(10)20)24-17(28)13-8-16-25-12(14-2-1-5-29-14)7-15(18(21,22)23)27(16)26-13/h1-6,8,12,15,25H,7H2,(H,24,28)/t12-,15-/m1/s1. The van der Waals surface area contributed by atoms with Crippen LogP contribution in [0.4, 0.5) is 24.7 Å². The van der Waals surface area contributed by atoms with Gasteiger partial charge in [0.05, 0.1) is 16.1 Å². The SMILES string of the molecule is O=C(Nc1ccc(Cl)c(Cl)c1)c1cc2n(n1)[C@@H](C(F)(F)F)C[C@H](c1cccs1)N2. The Kier molecular flexibility index (Phi) is 5.22. The third kappa shape index (κ3) is 4.08. The topological polar surface area (TPSA) is 59.0 Å². The fraction of sp³-hybridized carbons (Fsp3) is 0.222. The van der Waals surface area contributed by atoms with Crippen LogP contribution in [0.3, 0.4) is 0 Å². The van der Waals surface area contributed by atoms with Crippen LogP contribution >= 0.6 is 34.5 Å². The minimum atomic E-state index is -4.50. The van der Waals surface area contributed by atoms with Crippen LogP contribution in [0.5, 0.6) is 0 Å². The number of carbonyl (C=O) groups is 1. The quantitative estimate of drug-likeness (QED) is 0.491. The molecule has 1 aromatic carbocycles. The number of anilines is 2. The molecule has 5 nitrogen and oxygen atoms in total. The van der Waals surface area contributed by atoms with Crippen molar-refractivity contribution in [2.75, 3.05) is 10.6 Å². The van der Waals surface area contributed by atoms with Gasteiger partial charge in [-0.15, -0.1) is 11.3 Å². The van der Waals surface area contributed by atoms with Crippen LogP contribution in [-0.4, -0.2) is 21.9 Å². The Morgan fingerprint density at radius 2 is 2.03 bits per heavy atom. The Hall–Kier alpha value is -2.23. The summed E-state index contributed by atoms with van der Waals surface area (Å²) >= 11 is 13.1. The molecule has 0 saturated carbocycles. The van der Waals surface area contributed by atoms with Crippen molar-refractivity contribution >= 4 is 52.0 Å². The monoisotopic (exact) mass is 460 g/mol. The first kappa shape index (κ1) is 20.1. The zero-order valence-corrected chi connectivity index (χ0v) is 16.8. The summed E-state index contributed by atoms with van der Waals surface area (Å²) in [7, 11) is 0. The number of rotatable bonds is 3. The second kappa shape index (κ2) is 7.55. The van der Waals surface area contributed by atoms with Crippen molar-refractivity contribution in [2.24, 2.45) is 0 Å². The molecule has 2 aromatic heterocycles. The van der Waals surface area contributed by atoms with Crippen LogP contribution in [0.2, 0.25) is 10.0 Å². The predicted octanol–water partition coefficient (Wildman–Crippen LogP) is 6.16. The lowest BCUT2D eigenvalue weighted by atomic mass is 10.0. The molecular weight excluding hydrogens is 448 g/mol. The summed E-state index contributed by atoms with van der Waals surface area (Å²) in [4.78, 5) is 13.3. The summed E-state index contributed by atoms with van der Waals surface area (Å²) in [5, 5.41) is 11.9. The van der Waals surface area contributed by atoms with Crippen molar-refractivity contribution in [1.29, 1.82) is 0 Å². The number of aromatic nitrogens is 2. The fourth-order valence-electron chi connectivity index (χ4n) is 3.13. The summed E-state index contributed by atoms with van der Waals surface area (Å²) in [6.07, 6.45) is -4.72. The van der Waals surface area contributed by atoms with E-state index in [1.807, 2.05) is 5.38 Å². The smallest absolute Gasteiger partial charge is 0.363 e. The van der Waals surface area contributed by atoms with Crippen molar-refractivity contribution in [2.45, 2.75) is 24.7 Å². The molecule has 4 rings (SSSR count). The molecule has 0 fully saturated rings. The number of carbonyl (C=O) groups excluding carboxylic acids is 1. The minimum Gasteiger partial charge on any atom is -0.363 e. The van der Waals surface area contributed by atoms with E-state index in [1.54, 1.807) is 12.1 Å². The first-order chi connectivity index (χ1) is 13.7. The molecular formula is C18H13Cl2F3N4OS. The number of alkyl halides is 3. The molecule has 0 aliphatic carbocycles. The number of nitrogens with one attached hydrogen (secondary N) is 2. The molecule has 152 valence electrons. The van der Waals surface area contributed by atoms with Gasteiger partial charge in [0.25, 0.3) is 5.91 Å². The molecule has 0 unspecified atom stereocenters. The Morgan fingerprint density at radius 1 is 1.24 bits per heavy atom. The van der Waals surface area contributed by atoms with Crippen molar-refractivity contribution < 1.29 is 18.0 Å². The van der Waals surface area contributed by atoms with Crippen molar-refractivity contribution in [3.05, 3.63) is 62.4 Å². The predicted molar refractivity (Wildman–Crippen MR) is 107 cm³/mol. The zero-order valence-electron chi connectivity index (χ0n) is 14.5. The van der Waals surface area contributed by atoms with Gasteiger partial charge in [0, 0.05) is 23.1 Å². The molecule has 0 saturated heterocycles. The molecule has 29 heavy (non-hydrogen) atoms. The lowest BCUT2D eigenvalue weighted by Crippen LogP contribution is -2.35. The van der Waals surface area contributed by atoms with E-state index < -0.39 is 24.2 Å². The van der Waals surface area contributed by atoms with Gasteiger partial charge >= 0.3 is 6.18 Å². The number of hydrogen-bond acceptors (Lipinski definition) is 4.